The minimum absolute atomic E-state index is 0. The normalized spacial score (nSPS) is 16.9. The van der Waals surface area contributed by atoms with Gasteiger partial charge < -0.3 is 10.6 Å². The lowest BCUT2D eigenvalue weighted by atomic mass is 10.1. The van der Waals surface area contributed by atoms with E-state index in [0.717, 1.165) is 30.9 Å². The maximum absolute atomic E-state index is 12.6. The molecule has 1 unspecified atom stereocenters. The maximum Gasteiger partial charge on any atom is 0.243 e. The molecule has 2 N–H and O–H groups in total. The van der Waals surface area contributed by atoms with E-state index in [9.17, 15) is 8.42 Å². The predicted molar refractivity (Wildman–Crippen MR) is 122 cm³/mol. The fourth-order valence-electron chi connectivity index (χ4n) is 2.72. The molecule has 0 bridgehead atoms. The van der Waals surface area contributed by atoms with Crippen molar-refractivity contribution in [3.8, 4) is 0 Å². The van der Waals surface area contributed by atoms with Crippen molar-refractivity contribution in [3.63, 3.8) is 0 Å². The van der Waals surface area contributed by atoms with E-state index in [4.69, 9.17) is 0 Å². The molecule has 154 valence electrons. The van der Waals surface area contributed by atoms with Gasteiger partial charge in [-0.05, 0) is 50.3 Å². The molecule has 1 aromatic carbocycles. The van der Waals surface area contributed by atoms with Gasteiger partial charge in [0.2, 0.25) is 10.0 Å². The largest absolute Gasteiger partial charge is 0.357 e. The summed E-state index contributed by atoms with van der Waals surface area (Å²) in [6.07, 6.45) is 1.89. The van der Waals surface area contributed by atoms with Gasteiger partial charge in [-0.25, -0.2) is 13.4 Å². The van der Waals surface area contributed by atoms with Gasteiger partial charge in [-0.3, -0.25) is 0 Å². The van der Waals surface area contributed by atoms with E-state index in [1.807, 2.05) is 19.1 Å². The number of nitrogens with zero attached hydrogens (tertiary/aromatic N) is 2. The number of guanidine groups is 1. The highest BCUT2D eigenvalue weighted by Gasteiger charge is 2.26. The topological polar surface area (TPSA) is 73.8 Å². The van der Waals surface area contributed by atoms with Crippen LogP contribution >= 0.6 is 24.0 Å². The molecular formula is C19H33IN4O2S. The Balaban J connectivity index is 0.00000364. The molecule has 2 rings (SSSR count). The van der Waals surface area contributed by atoms with Gasteiger partial charge in [0.05, 0.1) is 11.4 Å². The Labute approximate surface area is 181 Å². The number of rotatable bonds is 7. The van der Waals surface area contributed by atoms with E-state index < -0.39 is 10.0 Å². The Morgan fingerprint density at radius 1 is 1.15 bits per heavy atom. The number of sulfonamides is 1. The molecule has 1 atom stereocenters. The Kier molecular flexibility index (Phi) is 10.0. The molecule has 0 amide bonds. The van der Waals surface area contributed by atoms with Crippen LogP contribution in [0.15, 0.2) is 34.2 Å². The van der Waals surface area contributed by atoms with Crippen LogP contribution in [0.2, 0.25) is 0 Å². The van der Waals surface area contributed by atoms with Crippen molar-refractivity contribution in [3.05, 3.63) is 29.8 Å². The van der Waals surface area contributed by atoms with Crippen LogP contribution < -0.4 is 10.6 Å². The third-order valence-electron chi connectivity index (χ3n) is 4.75. The van der Waals surface area contributed by atoms with Crippen LogP contribution in [0, 0.1) is 5.92 Å². The molecule has 6 nitrogen and oxygen atoms in total. The van der Waals surface area contributed by atoms with Gasteiger partial charge in [0, 0.05) is 25.7 Å². The first-order chi connectivity index (χ1) is 12.3. The lowest BCUT2D eigenvalue weighted by Gasteiger charge is -2.20. The second-order valence-electron chi connectivity index (χ2n) is 7.13. The molecular weight excluding hydrogens is 475 g/mol. The summed E-state index contributed by atoms with van der Waals surface area (Å²) in [6.45, 7) is 11.1. The zero-order valence-electron chi connectivity index (χ0n) is 16.7. The van der Waals surface area contributed by atoms with E-state index in [-0.39, 0.29) is 24.0 Å². The first-order valence-electron chi connectivity index (χ1n) is 9.48. The molecule has 8 heteroatoms. The number of benzene rings is 1. The minimum Gasteiger partial charge on any atom is -0.357 e. The molecule has 0 spiro atoms. The van der Waals surface area contributed by atoms with Crippen LogP contribution in [-0.4, -0.2) is 44.4 Å². The van der Waals surface area contributed by atoms with Crippen LogP contribution in [0.25, 0.3) is 0 Å². The van der Waals surface area contributed by atoms with Crippen molar-refractivity contribution in [2.75, 3.05) is 19.6 Å². The van der Waals surface area contributed by atoms with E-state index >= 15 is 0 Å². The van der Waals surface area contributed by atoms with Crippen molar-refractivity contribution < 1.29 is 8.42 Å². The summed E-state index contributed by atoms with van der Waals surface area (Å²) >= 11 is 0. The van der Waals surface area contributed by atoms with Crippen molar-refractivity contribution >= 4 is 40.0 Å². The van der Waals surface area contributed by atoms with Crippen LogP contribution in [0.1, 0.15) is 46.1 Å². The van der Waals surface area contributed by atoms with Gasteiger partial charge in [0.15, 0.2) is 5.96 Å². The predicted octanol–water partition coefficient (Wildman–Crippen LogP) is 3.19. The van der Waals surface area contributed by atoms with Gasteiger partial charge in [-0.15, -0.1) is 24.0 Å². The summed E-state index contributed by atoms with van der Waals surface area (Å²) in [5.74, 6) is 1.29. The van der Waals surface area contributed by atoms with Crippen molar-refractivity contribution in [1.82, 2.24) is 14.9 Å². The Morgan fingerprint density at radius 3 is 2.26 bits per heavy atom. The highest BCUT2D eigenvalue weighted by molar-refractivity contribution is 14.0. The fraction of sp³-hybridized carbons (Fsp3) is 0.632. The number of nitrogens with one attached hydrogen (secondary N) is 2. The standard InChI is InChI=1S/C19H32N4O2S.HI/c1-5-20-19(22-16(4)15(2)3)21-14-17-8-10-18(11-9-17)26(24,25)23-12-6-7-13-23;/h8-11,15-16H,5-7,12-14H2,1-4H3,(H2,20,21,22);1H. The highest BCUT2D eigenvalue weighted by atomic mass is 127. The van der Waals surface area contributed by atoms with Crippen molar-refractivity contribution in [1.29, 1.82) is 0 Å². The number of halogens is 1. The van der Waals surface area contributed by atoms with Crippen molar-refractivity contribution in [2.24, 2.45) is 10.9 Å². The van der Waals surface area contributed by atoms with Gasteiger partial charge in [-0.2, -0.15) is 4.31 Å². The average molecular weight is 508 g/mol. The summed E-state index contributed by atoms with van der Waals surface area (Å²) in [6, 6.07) is 7.40. The van der Waals surface area contributed by atoms with E-state index in [2.05, 4.69) is 36.4 Å². The monoisotopic (exact) mass is 508 g/mol. The summed E-state index contributed by atoms with van der Waals surface area (Å²) < 4.78 is 26.7. The molecule has 27 heavy (non-hydrogen) atoms. The smallest absolute Gasteiger partial charge is 0.243 e. The van der Waals surface area contributed by atoms with Crippen LogP contribution in [0.5, 0.6) is 0 Å². The molecule has 0 aromatic heterocycles. The third-order valence-corrected chi connectivity index (χ3v) is 6.67. The van der Waals surface area contributed by atoms with Gasteiger partial charge >= 0.3 is 0 Å². The minimum atomic E-state index is -3.35. The van der Waals surface area contributed by atoms with Crippen LogP contribution in [0.3, 0.4) is 0 Å². The Hall–Kier alpha value is -0.870. The van der Waals surface area contributed by atoms with E-state index in [1.54, 1.807) is 16.4 Å². The fourth-order valence-corrected chi connectivity index (χ4v) is 4.23. The molecule has 1 aliphatic heterocycles. The third kappa shape index (κ3) is 6.90. The molecule has 1 fully saturated rings. The number of aliphatic imine (C=N–C) groups is 1. The number of hydrogen-bond donors (Lipinski definition) is 2. The molecule has 0 radical (unpaired) electrons. The SMILES string of the molecule is CCNC(=NCc1ccc(S(=O)(=O)N2CCCC2)cc1)NC(C)C(C)C.I. The molecule has 1 aromatic rings. The zero-order chi connectivity index (χ0) is 19.2. The van der Waals surface area contributed by atoms with Crippen LogP contribution in [0.4, 0.5) is 0 Å². The lowest BCUT2D eigenvalue weighted by molar-refractivity contribution is 0.477. The summed E-state index contributed by atoms with van der Waals surface area (Å²) in [7, 11) is -3.35. The summed E-state index contributed by atoms with van der Waals surface area (Å²) in [5.41, 5.74) is 0.986. The summed E-state index contributed by atoms with van der Waals surface area (Å²) in [4.78, 5) is 4.98. The molecule has 1 heterocycles. The van der Waals surface area contributed by atoms with Gasteiger partial charge in [0.25, 0.3) is 0 Å². The molecule has 0 saturated carbocycles. The Bertz CT molecular complexity index is 699. The van der Waals surface area contributed by atoms with E-state index in [1.165, 1.54) is 0 Å². The maximum atomic E-state index is 12.6. The molecule has 1 saturated heterocycles. The quantitative estimate of drug-likeness (QED) is 0.337. The Morgan fingerprint density at radius 2 is 1.74 bits per heavy atom. The second kappa shape index (κ2) is 11.2. The first-order valence-corrected chi connectivity index (χ1v) is 10.9. The highest BCUT2D eigenvalue weighted by Crippen LogP contribution is 2.21. The van der Waals surface area contributed by atoms with Crippen molar-refractivity contribution in [2.45, 2.75) is 58.0 Å². The second-order valence-corrected chi connectivity index (χ2v) is 9.07. The zero-order valence-corrected chi connectivity index (χ0v) is 19.9. The number of hydrogen-bond acceptors (Lipinski definition) is 3. The van der Waals surface area contributed by atoms with Crippen LogP contribution in [-0.2, 0) is 16.6 Å². The molecule has 0 aliphatic carbocycles. The van der Waals surface area contributed by atoms with E-state index in [0.29, 0.717) is 36.5 Å². The lowest BCUT2D eigenvalue weighted by Crippen LogP contribution is -2.44. The first kappa shape index (κ1) is 24.2. The van der Waals surface area contributed by atoms with Gasteiger partial charge in [0.1, 0.15) is 0 Å². The summed E-state index contributed by atoms with van der Waals surface area (Å²) in [5, 5.41) is 6.64. The average Bonchev–Trinajstić information content (AvgIpc) is 3.15. The van der Waals surface area contributed by atoms with Gasteiger partial charge in [-0.1, -0.05) is 26.0 Å². The molecule has 1 aliphatic rings.